The summed E-state index contributed by atoms with van der Waals surface area (Å²) >= 11 is 0. The summed E-state index contributed by atoms with van der Waals surface area (Å²) in [6, 6.07) is 0. The first-order valence-electron chi connectivity index (χ1n) is 3.99. The van der Waals surface area contributed by atoms with E-state index < -0.39 is 17.5 Å². The number of esters is 1. The van der Waals surface area contributed by atoms with E-state index >= 15 is 0 Å². The van der Waals surface area contributed by atoms with Gasteiger partial charge in [-0.2, -0.15) is 0 Å². The van der Waals surface area contributed by atoms with Crippen LogP contribution in [0.5, 0.6) is 0 Å². The summed E-state index contributed by atoms with van der Waals surface area (Å²) < 4.78 is 4.55. The fourth-order valence-corrected chi connectivity index (χ4v) is 0.787. The smallest absolute Gasteiger partial charge is 0.338 e. The average Bonchev–Trinajstić information content (AvgIpc) is 2.14. The third-order valence-corrected chi connectivity index (χ3v) is 1.62. The number of carbonyl (C=O) groups is 2. The zero-order valence-electron chi connectivity index (χ0n) is 7.73. The Morgan fingerprint density at radius 2 is 2.14 bits per heavy atom. The zero-order chi connectivity index (χ0) is 11.2. The van der Waals surface area contributed by atoms with Crippen molar-refractivity contribution in [3.8, 4) is 0 Å². The van der Waals surface area contributed by atoms with E-state index in [0.717, 1.165) is 0 Å². The third kappa shape index (κ3) is 2.82. The number of hydrogen-bond acceptors (Lipinski definition) is 5. The normalized spacial score (nSPS) is 14.1. The molecule has 0 saturated carbocycles. The Labute approximate surface area is 81.5 Å². The Bertz CT molecular complexity index is 241. The molecule has 0 aliphatic heterocycles. The van der Waals surface area contributed by atoms with Crippen molar-refractivity contribution in [1.29, 1.82) is 0 Å². The Morgan fingerprint density at radius 3 is 2.50 bits per heavy atom. The monoisotopic (exact) mass is 202 g/mol. The summed E-state index contributed by atoms with van der Waals surface area (Å²) in [7, 11) is 0. The topological polar surface area (TPSA) is 116 Å². The summed E-state index contributed by atoms with van der Waals surface area (Å²) in [6.07, 6.45) is 1.15. The van der Waals surface area contributed by atoms with Crippen LogP contribution in [0.15, 0.2) is 12.7 Å². The van der Waals surface area contributed by atoms with Crippen molar-refractivity contribution >= 4 is 11.9 Å². The maximum absolute atomic E-state index is 11.2. The lowest BCUT2D eigenvalue weighted by molar-refractivity contribution is -0.160. The summed E-state index contributed by atoms with van der Waals surface area (Å²) in [4.78, 5) is 21.9. The van der Waals surface area contributed by atoms with E-state index in [1.165, 1.54) is 6.08 Å². The molecule has 0 bridgehead atoms. The van der Waals surface area contributed by atoms with Crippen molar-refractivity contribution in [1.82, 2.24) is 0 Å². The number of carboxylic acid groups (broad SMARTS) is 1. The van der Waals surface area contributed by atoms with Crippen molar-refractivity contribution in [3.05, 3.63) is 12.7 Å². The lowest BCUT2D eigenvalue weighted by Gasteiger charge is -2.21. The molecule has 0 aromatic heterocycles. The highest BCUT2D eigenvalue weighted by Crippen LogP contribution is 2.08. The van der Waals surface area contributed by atoms with Crippen molar-refractivity contribution in [3.63, 3.8) is 0 Å². The van der Waals surface area contributed by atoms with Crippen molar-refractivity contribution in [2.24, 2.45) is 11.5 Å². The maximum Gasteiger partial charge on any atom is 0.338 e. The van der Waals surface area contributed by atoms with Gasteiger partial charge in [0, 0.05) is 0 Å². The lowest BCUT2D eigenvalue weighted by Crippen LogP contribution is -2.56. The number of hydrogen-bond donors (Lipinski definition) is 3. The van der Waals surface area contributed by atoms with Gasteiger partial charge in [-0.1, -0.05) is 12.7 Å². The van der Waals surface area contributed by atoms with Gasteiger partial charge in [0.15, 0.2) is 0 Å². The van der Waals surface area contributed by atoms with Crippen molar-refractivity contribution in [2.45, 2.75) is 12.0 Å². The van der Waals surface area contributed by atoms with Gasteiger partial charge >= 0.3 is 11.9 Å². The minimum atomic E-state index is -2.06. The molecule has 0 aromatic carbocycles. The molecule has 0 aromatic rings. The van der Waals surface area contributed by atoms with E-state index in [4.69, 9.17) is 16.6 Å². The first-order chi connectivity index (χ1) is 6.49. The number of aliphatic carboxylic acids is 1. The molecule has 6 nitrogen and oxygen atoms in total. The highest BCUT2D eigenvalue weighted by atomic mass is 16.5. The fourth-order valence-electron chi connectivity index (χ4n) is 0.787. The standard InChI is InChI=1S/C8H14N2O4/c1-2-5-14-7(13)8(10,3-4-9)6(11)12/h2H,1,3-5,9-10H2,(H,11,12). The Kier molecular flexibility index (Phi) is 4.82. The molecule has 1 atom stereocenters. The second-order valence-electron chi connectivity index (χ2n) is 2.70. The molecule has 0 aliphatic carbocycles. The Balaban J connectivity index is 4.55. The van der Waals surface area contributed by atoms with Crippen LogP contribution in [0.25, 0.3) is 0 Å². The fraction of sp³-hybridized carbons (Fsp3) is 0.500. The van der Waals surface area contributed by atoms with E-state index in [-0.39, 0.29) is 19.6 Å². The minimum absolute atomic E-state index is 0.00795. The molecule has 0 aliphatic rings. The van der Waals surface area contributed by atoms with E-state index in [1.807, 2.05) is 0 Å². The summed E-state index contributed by atoms with van der Waals surface area (Å²) in [5.41, 5.74) is 8.44. The molecule has 0 spiro atoms. The predicted molar refractivity (Wildman–Crippen MR) is 49.4 cm³/mol. The molecular weight excluding hydrogens is 188 g/mol. The molecule has 0 radical (unpaired) electrons. The van der Waals surface area contributed by atoms with Crippen LogP contribution in [-0.2, 0) is 14.3 Å². The predicted octanol–water partition coefficient (Wildman–Crippen LogP) is -1.15. The van der Waals surface area contributed by atoms with Gasteiger partial charge in [-0.15, -0.1) is 0 Å². The molecule has 5 N–H and O–H groups in total. The molecule has 0 amide bonds. The molecule has 6 heteroatoms. The quantitative estimate of drug-likeness (QED) is 0.284. The first-order valence-corrected chi connectivity index (χ1v) is 3.99. The van der Waals surface area contributed by atoms with E-state index in [2.05, 4.69) is 11.3 Å². The van der Waals surface area contributed by atoms with Crippen LogP contribution in [0.3, 0.4) is 0 Å². The summed E-state index contributed by atoms with van der Waals surface area (Å²) in [6.45, 7) is 3.23. The number of nitrogens with two attached hydrogens (primary N) is 2. The van der Waals surface area contributed by atoms with Crippen LogP contribution in [0.4, 0.5) is 0 Å². The van der Waals surface area contributed by atoms with E-state index in [0.29, 0.717) is 0 Å². The molecule has 1 unspecified atom stereocenters. The van der Waals surface area contributed by atoms with Gasteiger partial charge < -0.3 is 21.3 Å². The highest BCUT2D eigenvalue weighted by molar-refractivity contribution is 6.03. The summed E-state index contributed by atoms with van der Waals surface area (Å²) in [5, 5.41) is 8.73. The maximum atomic E-state index is 11.2. The molecule has 0 heterocycles. The number of ether oxygens (including phenoxy) is 1. The van der Waals surface area contributed by atoms with Crippen LogP contribution < -0.4 is 11.5 Å². The van der Waals surface area contributed by atoms with Crippen LogP contribution in [-0.4, -0.2) is 35.7 Å². The molecule has 80 valence electrons. The van der Waals surface area contributed by atoms with Crippen LogP contribution in [0.2, 0.25) is 0 Å². The second kappa shape index (κ2) is 5.36. The molecule has 0 rings (SSSR count). The average molecular weight is 202 g/mol. The van der Waals surface area contributed by atoms with Gasteiger partial charge in [-0.25, -0.2) is 9.59 Å². The second-order valence-corrected chi connectivity index (χ2v) is 2.70. The van der Waals surface area contributed by atoms with Crippen LogP contribution in [0, 0.1) is 0 Å². The van der Waals surface area contributed by atoms with Gasteiger partial charge in [-0.3, -0.25) is 0 Å². The Hall–Kier alpha value is -1.40. The highest BCUT2D eigenvalue weighted by Gasteiger charge is 2.43. The molecular formula is C8H14N2O4. The number of carbonyl (C=O) groups excluding carboxylic acids is 1. The molecule has 0 saturated heterocycles. The van der Waals surface area contributed by atoms with Crippen LogP contribution >= 0.6 is 0 Å². The zero-order valence-corrected chi connectivity index (χ0v) is 7.73. The van der Waals surface area contributed by atoms with Crippen molar-refractivity contribution in [2.75, 3.05) is 13.2 Å². The first kappa shape index (κ1) is 12.6. The van der Waals surface area contributed by atoms with Gasteiger partial charge in [-0.05, 0) is 13.0 Å². The van der Waals surface area contributed by atoms with Crippen molar-refractivity contribution < 1.29 is 19.4 Å². The SMILES string of the molecule is C=CCOC(=O)C(N)(CCN)C(=O)O. The molecule has 14 heavy (non-hydrogen) atoms. The minimum Gasteiger partial charge on any atom is -0.479 e. The Morgan fingerprint density at radius 1 is 1.57 bits per heavy atom. The van der Waals surface area contributed by atoms with E-state index in [9.17, 15) is 9.59 Å². The largest absolute Gasteiger partial charge is 0.479 e. The number of carboxylic acids is 1. The van der Waals surface area contributed by atoms with Gasteiger partial charge in [0.2, 0.25) is 5.54 Å². The van der Waals surface area contributed by atoms with E-state index in [1.54, 1.807) is 0 Å². The third-order valence-electron chi connectivity index (χ3n) is 1.62. The number of rotatable bonds is 6. The van der Waals surface area contributed by atoms with Crippen LogP contribution in [0.1, 0.15) is 6.42 Å². The lowest BCUT2D eigenvalue weighted by atomic mass is 9.97. The summed E-state index contributed by atoms with van der Waals surface area (Å²) in [5.74, 6) is -2.45. The van der Waals surface area contributed by atoms with Gasteiger partial charge in [0.1, 0.15) is 6.61 Å². The van der Waals surface area contributed by atoms with Gasteiger partial charge in [0.25, 0.3) is 0 Å². The van der Waals surface area contributed by atoms with Gasteiger partial charge in [0.05, 0.1) is 0 Å². The molecule has 0 fully saturated rings.